The summed E-state index contributed by atoms with van der Waals surface area (Å²) >= 11 is 0. The Morgan fingerprint density at radius 1 is 1.37 bits per heavy atom. The van der Waals surface area contributed by atoms with Crippen LogP contribution < -0.4 is 15.2 Å². The monoisotopic (exact) mass is 286 g/mol. The molecule has 0 amide bonds. The van der Waals surface area contributed by atoms with Crippen LogP contribution in [-0.2, 0) is 10.0 Å². The van der Waals surface area contributed by atoms with Crippen LogP contribution in [0.25, 0.3) is 0 Å². The summed E-state index contributed by atoms with van der Waals surface area (Å²) in [6.45, 7) is 5.73. The summed E-state index contributed by atoms with van der Waals surface area (Å²) in [6, 6.07) is 4.50. The van der Waals surface area contributed by atoms with Crippen LogP contribution in [0.3, 0.4) is 0 Å². The highest BCUT2D eigenvalue weighted by atomic mass is 32.2. The van der Waals surface area contributed by atoms with Crippen LogP contribution in [-0.4, -0.2) is 21.1 Å². The molecule has 0 aliphatic heterocycles. The molecule has 0 radical (unpaired) electrons. The van der Waals surface area contributed by atoms with Crippen LogP contribution in [0.1, 0.15) is 33.6 Å². The molecule has 0 saturated heterocycles. The average Bonchev–Trinajstić information content (AvgIpc) is 2.26. The van der Waals surface area contributed by atoms with Crippen molar-refractivity contribution in [1.82, 2.24) is 4.72 Å². The highest BCUT2D eigenvalue weighted by Gasteiger charge is 2.27. The molecule has 0 spiro atoms. The van der Waals surface area contributed by atoms with Gasteiger partial charge in [-0.3, -0.25) is 0 Å². The van der Waals surface area contributed by atoms with E-state index in [9.17, 15) is 8.42 Å². The predicted molar refractivity (Wildman–Crippen MR) is 76.7 cm³/mol. The van der Waals surface area contributed by atoms with Crippen LogP contribution >= 0.6 is 0 Å². The minimum atomic E-state index is -3.63. The molecule has 0 aliphatic carbocycles. The maximum Gasteiger partial charge on any atom is 0.244 e. The number of anilines is 1. The number of hydrogen-bond acceptors (Lipinski definition) is 4. The van der Waals surface area contributed by atoms with Crippen molar-refractivity contribution in [2.24, 2.45) is 0 Å². The second kappa shape index (κ2) is 5.79. The number of hydrogen-bond donors (Lipinski definition) is 2. The number of nitrogens with one attached hydrogen (secondary N) is 1. The summed E-state index contributed by atoms with van der Waals surface area (Å²) in [5, 5.41) is 0. The summed E-state index contributed by atoms with van der Waals surface area (Å²) in [4.78, 5) is 0.105. The Morgan fingerprint density at radius 2 is 2.00 bits per heavy atom. The number of benzene rings is 1. The van der Waals surface area contributed by atoms with E-state index in [1.165, 1.54) is 19.2 Å². The van der Waals surface area contributed by atoms with Gasteiger partial charge in [0.25, 0.3) is 0 Å². The Hall–Kier alpha value is -1.27. The molecule has 0 atom stereocenters. The fraction of sp³-hybridized carbons (Fsp3) is 0.538. The van der Waals surface area contributed by atoms with Gasteiger partial charge in [-0.2, -0.15) is 0 Å². The van der Waals surface area contributed by atoms with Gasteiger partial charge < -0.3 is 10.5 Å². The van der Waals surface area contributed by atoms with Crippen molar-refractivity contribution in [1.29, 1.82) is 0 Å². The van der Waals surface area contributed by atoms with E-state index in [1.807, 2.05) is 20.8 Å². The van der Waals surface area contributed by atoms with Crippen molar-refractivity contribution in [3.8, 4) is 5.75 Å². The van der Waals surface area contributed by atoms with Crippen LogP contribution in [0.15, 0.2) is 23.1 Å². The average molecular weight is 286 g/mol. The quantitative estimate of drug-likeness (QED) is 0.785. The van der Waals surface area contributed by atoms with E-state index in [0.717, 1.165) is 12.8 Å². The molecule has 0 aliphatic rings. The number of sulfonamides is 1. The molecule has 0 saturated carbocycles. The van der Waals surface area contributed by atoms with E-state index in [4.69, 9.17) is 10.5 Å². The zero-order valence-corrected chi connectivity index (χ0v) is 12.7. The molecule has 0 aromatic heterocycles. The second-order valence-electron chi connectivity index (χ2n) is 5.15. The zero-order valence-electron chi connectivity index (χ0n) is 11.9. The van der Waals surface area contributed by atoms with Crippen LogP contribution in [0.4, 0.5) is 5.69 Å². The van der Waals surface area contributed by atoms with E-state index in [0.29, 0.717) is 5.69 Å². The first kappa shape index (κ1) is 15.8. The van der Waals surface area contributed by atoms with Crippen molar-refractivity contribution in [2.45, 2.75) is 44.0 Å². The number of nitrogen functional groups attached to an aromatic ring is 1. The van der Waals surface area contributed by atoms with E-state index in [1.54, 1.807) is 6.07 Å². The number of ether oxygens (including phenoxy) is 1. The molecular formula is C13H22N2O3S. The van der Waals surface area contributed by atoms with Gasteiger partial charge in [0, 0.05) is 17.3 Å². The molecule has 0 heterocycles. The molecule has 0 fully saturated rings. The van der Waals surface area contributed by atoms with Gasteiger partial charge in [0.05, 0.1) is 7.11 Å². The molecule has 108 valence electrons. The predicted octanol–water partition coefficient (Wildman–Crippen LogP) is 2.13. The number of rotatable bonds is 6. The fourth-order valence-electron chi connectivity index (χ4n) is 2.00. The Bertz CT molecular complexity index is 539. The van der Waals surface area contributed by atoms with E-state index >= 15 is 0 Å². The lowest BCUT2D eigenvalue weighted by Crippen LogP contribution is -2.43. The van der Waals surface area contributed by atoms with Crippen molar-refractivity contribution < 1.29 is 13.2 Å². The number of nitrogens with two attached hydrogens (primary N) is 1. The Labute approximate surface area is 115 Å². The van der Waals surface area contributed by atoms with E-state index in [2.05, 4.69) is 4.72 Å². The Morgan fingerprint density at radius 3 is 2.53 bits per heavy atom. The molecule has 0 bridgehead atoms. The Balaban J connectivity index is 3.14. The van der Waals surface area contributed by atoms with Gasteiger partial charge in [0.1, 0.15) is 10.6 Å². The van der Waals surface area contributed by atoms with Gasteiger partial charge in [0.2, 0.25) is 10.0 Å². The second-order valence-corrected chi connectivity index (χ2v) is 6.80. The molecule has 1 aromatic rings. The van der Waals surface area contributed by atoms with Gasteiger partial charge in [-0.15, -0.1) is 0 Å². The van der Waals surface area contributed by atoms with Crippen molar-refractivity contribution in [3.63, 3.8) is 0 Å². The minimum absolute atomic E-state index is 0.105. The van der Waals surface area contributed by atoms with Crippen LogP contribution in [0.5, 0.6) is 5.75 Å². The molecule has 19 heavy (non-hydrogen) atoms. The lowest BCUT2D eigenvalue weighted by molar-refractivity contribution is 0.396. The highest BCUT2D eigenvalue weighted by molar-refractivity contribution is 7.89. The largest absolute Gasteiger partial charge is 0.495 e. The lowest BCUT2D eigenvalue weighted by Gasteiger charge is -2.25. The molecule has 3 N–H and O–H groups in total. The fourth-order valence-corrected chi connectivity index (χ4v) is 3.59. The number of methoxy groups -OCH3 is 1. The first-order valence-electron chi connectivity index (χ1n) is 6.19. The van der Waals surface area contributed by atoms with Crippen molar-refractivity contribution in [3.05, 3.63) is 18.2 Å². The van der Waals surface area contributed by atoms with Gasteiger partial charge in [-0.05, 0) is 32.4 Å². The highest BCUT2D eigenvalue weighted by Crippen LogP contribution is 2.27. The van der Waals surface area contributed by atoms with Crippen molar-refractivity contribution >= 4 is 15.7 Å². The van der Waals surface area contributed by atoms with Crippen LogP contribution in [0.2, 0.25) is 0 Å². The maximum absolute atomic E-state index is 12.4. The summed E-state index contributed by atoms with van der Waals surface area (Å²) in [6.07, 6.45) is 1.65. The van der Waals surface area contributed by atoms with Crippen molar-refractivity contribution in [2.75, 3.05) is 12.8 Å². The first-order valence-corrected chi connectivity index (χ1v) is 7.67. The van der Waals surface area contributed by atoms with Gasteiger partial charge in [-0.1, -0.05) is 13.3 Å². The normalized spacial score (nSPS) is 12.4. The van der Waals surface area contributed by atoms with Gasteiger partial charge >= 0.3 is 0 Å². The minimum Gasteiger partial charge on any atom is -0.495 e. The third-order valence-electron chi connectivity index (χ3n) is 2.76. The lowest BCUT2D eigenvalue weighted by atomic mass is 10.0. The third-order valence-corrected chi connectivity index (χ3v) is 4.50. The molecule has 1 aromatic carbocycles. The molecule has 0 unspecified atom stereocenters. The van der Waals surface area contributed by atoms with Crippen LogP contribution in [0, 0.1) is 0 Å². The SMILES string of the molecule is CCCC(C)(C)NS(=O)(=O)c1ccc(N)cc1OC. The Kier molecular flexibility index (Phi) is 4.81. The molecular weight excluding hydrogens is 264 g/mol. The van der Waals surface area contributed by atoms with E-state index < -0.39 is 15.6 Å². The third kappa shape index (κ3) is 4.11. The summed E-state index contributed by atoms with van der Waals surface area (Å²) in [5.41, 5.74) is 5.59. The zero-order chi connectivity index (χ0) is 14.7. The smallest absolute Gasteiger partial charge is 0.244 e. The topological polar surface area (TPSA) is 81.4 Å². The molecule has 1 rings (SSSR count). The standard InChI is InChI=1S/C13H22N2O3S/c1-5-8-13(2,3)15-19(16,17)12-7-6-10(14)9-11(12)18-4/h6-7,9,15H,5,8,14H2,1-4H3. The first-order chi connectivity index (χ1) is 8.72. The summed E-state index contributed by atoms with van der Waals surface area (Å²) < 4.78 is 32.5. The summed E-state index contributed by atoms with van der Waals surface area (Å²) in [7, 11) is -2.21. The summed E-state index contributed by atoms with van der Waals surface area (Å²) in [5.74, 6) is 0.250. The van der Waals surface area contributed by atoms with Gasteiger partial charge in [0.15, 0.2) is 0 Å². The van der Waals surface area contributed by atoms with E-state index in [-0.39, 0.29) is 10.6 Å². The van der Waals surface area contributed by atoms with Gasteiger partial charge in [-0.25, -0.2) is 13.1 Å². The molecule has 6 heteroatoms. The maximum atomic E-state index is 12.4. The molecule has 5 nitrogen and oxygen atoms in total.